The van der Waals surface area contributed by atoms with E-state index in [0.717, 1.165) is 5.92 Å². The van der Waals surface area contributed by atoms with E-state index in [4.69, 9.17) is 5.84 Å². The Balaban J connectivity index is 1.71. The Morgan fingerprint density at radius 2 is 1.94 bits per heavy atom. The van der Waals surface area contributed by atoms with Crippen molar-refractivity contribution < 1.29 is 0 Å². The van der Waals surface area contributed by atoms with Crippen molar-refractivity contribution in [3.05, 3.63) is 29.8 Å². The minimum atomic E-state index is 0.475. The van der Waals surface area contributed by atoms with Crippen LogP contribution in [0.2, 0.25) is 0 Å². The topological polar surface area (TPSA) is 38.0 Å². The summed E-state index contributed by atoms with van der Waals surface area (Å²) in [6.45, 7) is 0. The number of hydrogen-bond acceptors (Lipinski definition) is 3. The number of rotatable bonds is 3. The molecule has 1 aromatic rings. The summed E-state index contributed by atoms with van der Waals surface area (Å²) in [7, 11) is 0. The van der Waals surface area contributed by atoms with Crippen LogP contribution in [0.1, 0.15) is 37.7 Å². The number of thioether (sulfide) groups is 1. The van der Waals surface area contributed by atoms with Gasteiger partial charge in [0, 0.05) is 16.2 Å². The Labute approximate surface area is 114 Å². The highest BCUT2D eigenvalue weighted by Gasteiger charge is 2.34. The van der Waals surface area contributed by atoms with Crippen molar-refractivity contribution in [2.24, 2.45) is 11.8 Å². The minimum absolute atomic E-state index is 0.475. The number of fused-ring (bicyclic) bond motifs is 1. The van der Waals surface area contributed by atoms with Gasteiger partial charge in [0.05, 0.1) is 0 Å². The summed E-state index contributed by atoms with van der Waals surface area (Å²) in [4.78, 5) is 1.46. The maximum absolute atomic E-state index is 5.85. The third kappa shape index (κ3) is 2.44. The summed E-state index contributed by atoms with van der Waals surface area (Å²) in [5, 5.41) is 0.621. The molecular weight excluding hydrogens is 240 g/mol. The van der Waals surface area contributed by atoms with E-state index in [0.29, 0.717) is 11.3 Å². The van der Waals surface area contributed by atoms with Crippen molar-refractivity contribution in [2.45, 2.75) is 54.7 Å². The molecule has 1 fully saturated rings. The van der Waals surface area contributed by atoms with Gasteiger partial charge in [0.25, 0.3) is 0 Å². The normalized spacial score (nSPS) is 25.9. The molecular formula is C15H22N2S. The third-order valence-corrected chi connectivity index (χ3v) is 5.84. The van der Waals surface area contributed by atoms with Crippen LogP contribution in [0.25, 0.3) is 0 Å². The molecule has 3 heteroatoms. The SMILES string of the molecule is NNC(C1CCCCC1)C1Cc2ccccc2S1. The fraction of sp³-hybridized carbons (Fsp3) is 0.600. The molecule has 0 amide bonds. The monoisotopic (exact) mass is 262 g/mol. The first kappa shape index (κ1) is 12.5. The van der Waals surface area contributed by atoms with Crippen molar-refractivity contribution in [3.63, 3.8) is 0 Å². The summed E-state index contributed by atoms with van der Waals surface area (Å²) in [6.07, 6.45) is 8.04. The van der Waals surface area contributed by atoms with Crippen molar-refractivity contribution >= 4 is 11.8 Å². The van der Waals surface area contributed by atoms with E-state index in [1.807, 2.05) is 11.8 Å². The molecule has 2 nitrogen and oxygen atoms in total. The van der Waals surface area contributed by atoms with Crippen molar-refractivity contribution in [3.8, 4) is 0 Å². The summed E-state index contributed by atoms with van der Waals surface area (Å²) in [6, 6.07) is 9.26. The molecule has 1 heterocycles. The lowest BCUT2D eigenvalue weighted by Crippen LogP contribution is -2.48. The van der Waals surface area contributed by atoms with Crippen LogP contribution in [0.3, 0.4) is 0 Å². The molecule has 0 aromatic heterocycles. The van der Waals surface area contributed by atoms with E-state index >= 15 is 0 Å². The highest BCUT2D eigenvalue weighted by Crippen LogP contribution is 2.41. The number of nitrogens with two attached hydrogens (primary N) is 1. The van der Waals surface area contributed by atoms with Gasteiger partial charge in [-0.3, -0.25) is 11.3 Å². The molecule has 3 N–H and O–H groups in total. The second kappa shape index (κ2) is 5.64. The molecule has 1 aromatic carbocycles. The molecule has 0 saturated heterocycles. The molecule has 3 rings (SSSR count). The van der Waals surface area contributed by atoms with Crippen LogP contribution in [-0.4, -0.2) is 11.3 Å². The first-order valence-electron chi connectivity index (χ1n) is 7.09. The fourth-order valence-corrected chi connectivity index (χ4v) is 4.95. The van der Waals surface area contributed by atoms with E-state index in [-0.39, 0.29) is 0 Å². The molecule has 18 heavy (non-hydrogen) atoms. The van der Waals surface area contributed by atoms with E-state index in [1.54, 1.807) is 0 Å². The van der Waals surface area contributed by atoms with Gasteiger partial charge < -0.3 is 0 Å². The number of hydrogen-bond donors (Lipinski definition) is 2. The van der Waals surface area contributed by atoms with Gasteiger partial charge >= 0.3 is 0 Å². The van der Waals surface area contributed by atoms with E-state index in [9.17, 15) is 0 Å². The highest BCUT2D eigenvalue weighted by atomic mass is 32.2. The average molecular weight is 262 g/mol. The molecule has 2 unspecified atom stereocenters. The Bertz CT molecular complexity index is 376. The van der Waals surface area contributed by atoms with Gasteiger partial charge in [0.15, 0.2) is 0 Å². The first-order chi connectivity index (χ1) is 8.88. The van der Waals surface area contributed by atoms with E-state index in [2.05, 4.69) is 29.7 Å². The van der Waals surface area contributed by atoms with Crippen LogP contribution in [0, 0.1) is 5.92 Å². The predicted molar refractivity (Wildman–Crippen MR) is 77.5 cm³/mol. The second-order valence-electron chi connectivity index (χ2n) is 5.56. The number of nitrogens with one attached hydrogen (secondary N) is 1. The van der Waals surface area contributed by atoms with Gasteiger partial charge in [-0.15, -0.1) is 11.8 Å². The standard InChI is InChI=1S/C15H22N2S/c16-17-15(11-6-2-1-3-7-11)14-10-12-8-4-5-9-13(12)18-14/h4-5,8-9,11,14-15,17H,1-3,6-7,10,16H2. The maximum Gasteiger partial charge on any atom is 0.0364 e. The summed E-state index contributed by atoms with van der Waals surface area (Å²) >= 11 is 2.02. The number of benzene rings is 1. The number of hydrazine groups is 1. The molecule has 0 spiro atoms. The Morgan fingerprint density at radius 3 is 2.67 bits per heavy atom. The molecule has 98 valence electrons. The third-order valence-electron chi connectivity index (χ3n) is 4.42. The van der Waals surface area contributed by atoms with Crippen molar-refractivity contribution in [1.29, 1.82) is 0 Å². The zero-order valence-corrected chi connectivity index (χ0v) is 11.6. The van der Waals surface area contributed by atoms with Crippen LogP contribution in [0.4, 0.5) is 0 Å². The molecule has 1 saturated carbocycles. The minimum Gasteiger partial charge on any atom is -0.271 e. The van der Waals surface area contributed by atoms with Crippen LogP contribution >= 0.6 is 11.8 Å². The maximum atomic E-state index is 5.85. The average Bonchev–Trinajstić information content (AvgIpc) is 2.84. The highest BCUT2D eigenvalue weighted by molar-refractivity contribution is 8.00. The van der Waals surface area contributed by atoms with Gasteiger partial charge in [-0.2, -0.15) is 0 Å². The van der Waals surface area contributed by atoms with Crippen molar-refractivity contribution in [2.75, 3.05) is 0 Å². The van der Waals surface area contributed by atoms with Crippen LogP contribution in [0.15, 0.2) is 29.2 Å². The molecule has 0 bridgehead atoms. The Morgan fingerprint density at radius 1 is 1.17 bits per heavy atom. The zero-order valence-electron chi connectivity index (χ0n) is 10.8. The Kier molecular flexibility index (Phi) is 3.92. The van der Waals surface area contributed by atoms with Gasteiger partial charge in [0.2, 0.25) is 0 Å². The lowest BCUT2D eigenvalue weighted by Gasteiger charge is -2.33. The molecule has 0 radical (unpaired) electrons. The quantitative estimate of drug-likeness (QED) is 0.649. The smallest absolute Gasteiger partial charge is 0.0364 e. The lowest BCUT2D eigenvalue weighted by atomic mass is 9.82. The first-order valence-corrected chi connectivity index (χ1v) is 7.97. The van der Waals surface area contributed by atoms with E-state index < -0.39 is 0 Å². The largest absolute Gasteiger partial charge is 0.271 e. The van der Waals surface area contributed by atoms with Gasteiger partial charge in [-0.05, 0) is 36.8 Å². The predicted octanol–water partition coefficient (Wildman–Crippen LogP) is 3.12. The van der Waals surface area contributed by atoms with Gasteiger partial charge in [-0.1, -0.05) is 37.5 Å². The van der Waals surface area contributed by atoms with Crippen LogP contribution in [0.5, 0.6) is 0 Å². The summed E-state index contributed by atoms with van der Waals surface area (Å²) in [5.74, 6) is 6.63. The fourth-order valence-electron chi connectivity index (χ4n) is 3.45. The molecule has 2 aliphatic rings. The van der Waals surface area contributed by atoms with Crippen LogP contribution < -0.4 is 11.3 Å². The van der Waals surface area contributed by atoms with Gasteiger partial charge in [-0.25, -0.2) is 0 Å². The molecule has 2 atom stereocenters. The molecule has 1 aliphatic heterocycles. The second-order valence-corrected chi connectivity index (χ2v) is 6.84. The molecule has 1 aliphatic carbocycles. The van der Waals surface area contributed by atoms with Crippen LogP contribution in [-0.2, 0) is 6.42 Å². The summed E-state index contributed by atoms with van der Waals surface area (Å²) in [5.41, 5.74) is 4.63. The Hall–Kier alpha value is -0.510. The van der Waals surface area contributed by atoms with Gasteiger partial charge in [0.1, 0.15) is 0 Å². The van der Waals surface area contributed by atoms with Crippen molar-refractivity contribution in [1.82, 2.24) is 5.43 Å². The lowest BCUT2D eigenvalue weighted by molar-refractivity contribution is 0.265. The van der Waals surface area contributed by atoms with E-state index in [1.165, 1.54) is 49.0 Å². The zero-order chi connectivity index (χ0) is 12.4. The summed E-state index contributed by atoms with van der Waals surface area (Å²) < 4.78 is 0.